The van der Waals surface area contributed by atoms with Crippen LogP contribution < -0.4 is 5.32 Å². The molecule has 1 fully saturated rings. The molecule has 0 aromatic heterocycles. The number of carbonyl (C=O) groups is 1. The summed E-state index contributed by atoms with van der Waals surface area (Å²) in [5.41, 5.74) is -0.500. The smallest absolute Gasteiger partial charge is 0.407 e. The quantitative estimate of drug-likeness (QED) is 0.700. The highest BCUT2D eigenvalue weighted by molar-refractivity contribution is 5.68. The van der Waals surface area contributed by atoms with Crippen molar-refractivity contribution < 1.29 is 19.4 Å². The predicted octanol–water partition coefficient (Wildman–Crippen LogP) is 2.15. The molecular weight excluding hydrogens is 296 g/mol. The molecule has 1 aliphatic carbocycles. The van der Waals surface area contributed by atoms with E-state index in [1.54, 1.807) is 7.11 Å². The summed E-state index contributed by atoms with van der Waals surface area (Å²) in [6.45, 7) is 7.26. The highest BCUT2D eigenvalue weighted by atomic mass is 16.6. The van der Waals surface area contributed by atoms with Gasteiger partial charge in [-0.2, -0.15) is 0 Å². The van der Waals surface area contributed by atoms with Gasteiger partial charge in [0, 0.05) is 25.8 Å². The summed E-state index contributed by atoms with van der Waals surface area (Å²) in [4.78, 5) is 14.3. The zero-order valence-electron chi connectivity index (χ0n) is 15.3. The lowest BCUT2D eigenvalue weighted by atomic mass is 9.87. The number of methoxy groups -OCH3 is 1. The standard InChI is InChI=1S/C17H34N2O4/c1-17(2,3)23-16(21)18-14-9-8-13(20)12-15(14)19(4)10-6-7-11-22-5/h13-15,20H,6-12H2,1-5H3,(H,18,21). The second-order valence-corrected chi connectivity index (χ2v) is 7.47. The van der Waals surface area contributed by atoms with Crippen LogP contribution in [-0.2, 0) is 9.47 Å². The van der Waals surface area contributed by atoms with E-state index in [0.29, 0.717) is 12.8 Å². The molecule has 2 N–H and O–H groups in total. The van der Waals surface area contributed by atoms with Crippen LogP contribution in [0.15, 0.2) is 0 Å². The molecule has 0 aromatic rings. The maximum Gasteiger partial charge on any atom is 0.407 e. The van der Waals surface area contributed by atoms with Gasteiger partial charge in [0.2, 0.25) is 0 Å². The van der Waals surface area contributed by atoms with E-state index in [2.05, 4.69) is 17.3 Å². The molecule has 0 radical (unpaired) electrons. The summed E-state index contributed by atoms with van der Waals surface area (Å²) in [6, 6.07) is 0.148. The number of hydrogen-bond donors (Lipinski definition) is 2. The van der Waals surface area contributed by atoms with E-state index in [0.717, 1.165) is 32.4 Å². The first kappa shape index (κ1) is 20.2. The monoisotopic (exact) mass is 330 g/mol. The molecule has 0 bridgehead atoms. The van der Waals surface area contributed by atoms with Crippen molar-refractivity contribution in [3.05, 3.63) is 0 Å². The van der Waals surface area contributed by atoms with Gasteiger partial charge in [0.1, 0.15) is 5.60 Å². The summed E-state index contributed by atoms with van der Waals surface area (Å²) >= 11 is 0. The van der Waals surface area contributed by atoms with Crippen LogP contribution in [0.3, 0.4) is 0 Å². The normalized spacial score (nSPS) is 25.4. The Bertz CT molecular complexity index is 357. The lowest BCUT2D eigenvalue weighted by Crippen LogP contribution is -2.55. The van der Waals surface area contributed by atoms with E-state index in [4.69, 9.17) is 9.47 Å². The molecule has 0 saturated heterocycles. The molecule has 1 aliphatic rings. The Balaban J connectivity index is 2.55. The molecule has 1 amide bonds. The van der Waals surface area contributed by atoms with Gasteiger partial charge in [-0.1, -0.05) is 0 Å². The zero-order valence-corrected chi connectivity index (χ0v) is 15.3. The van der Waals surface area contributed by atoms with Gasteiger partial charge in [0.15, 0.2) is 0 Å². The van der Waals surface area contributed by atoms with Crippen molar-refractivity contribution in [1.29, 1.82) is 0 Å². The Labute approximate surface area is 140 Å². The third-order valence-electron chi connectivity index (χ3n) is 4.17. The summed E-state index contributed by atoms with van der Waals surface area (Å²) in [6.07, 6.45) is 3.55. The van der Waals surface area contributed by atoms with E-state index in [9.17, 15) is 9.90 Å². The lowest BCUT2D eigenvalue weighted by Gasteiger charge is -2.40. The third-order valence-corrected chi connectivity index (χ3v) is 4.17. The number of nitrogens with one attached hydrogen (secondary N) is 1. The van der Waals surface area contributed by atoms with Crippen molar-refractivity contribution in [2.24, 2.45) is 0 Å². The number of carbonyl (C=O) groups excluding carboxylic acids is 1. The molecule has 23 heavy (non-hydrogen) atoms. The van der Waals surface area contributed by atoms with Gasteiger partial charge in [-0.3, -0.25) is 0 Å². The fourth-order valence-electron chi connectivity index (χ4n) is 3.01. The number of hydrogen-bond acceptors (Lipinski definition) is 5. The molecule has 3 unspecified atom stereocenters. The Morgan fingerprint density at radius 2 is 2.00 bits per heavy atom. The van der Waals surface area contributed by atoms with E-state index in [-0.39, 0.29) is 24.3 Å². The highest BCUT2D eigenvalue weighted by Crippen LogP contribution is 2.24. The van der Waals surface area contributed by atoms with Crippen LogP contribution in [-0.4, -0.2) is 67.2 Å². The maximum atomic E-state index is 12.0. The van der Waals surface area contributed by atoms with Crippen molar-refractivity contribution in [2.75, 3.05) is 27.3 Å². The number of rotatable bonds is 7. The summed E-state index contributed by atoms with van der Waals surface area (Å²) in [5.74, 6) is 0. The molecule has 0 aliphatic heterocycles. The Kier molecular flexibility index (Phi) is 8.29. The molecule has 0 heterocycles. The fourth-order valence-corrected chi connectivity index (χ4v) is 3.01. The topological polar surface area (TPSA) is 71.0 Å². The largest absolute Gasteiger partial charge is 0.444 e. The van der Waals surface area contributed by atoms with Gasteiger partial charge in [-0.15, -0.1) is 0 Å². The molecule has 0 aromatic carbocycles. The minimum atomic E-state index is -0.500. The van der Waals surface area contributed by atoms with Gasteiger partial charge >= 0.3 is 6.09 Å². The van der Waals surface area contributed by atoms with Crippen LogP contribution in [0.5, 0.6) is 0 Å². The molecule has 1 rings (SSSR count). The summed E-state index contributed by atoms with van der Waals surface area (Å²) < 4.78 is 10.4. The third kappa shape index (κ3) is 7.99. The van der Waals surface area contributed by atoms with Crippen LogP contribution in [0, 0.1) is 0 Å². The van der Waals surface area contributed by atoms with Gasteiger partial charge in [0.25, 0.3) is 0 Å². The van der Waals surface area contributed by atoms with Gasteiger partial charge < -0.3 is 24.8 Å². The number of aliphatic hydroxyl groups is 1. The van der Waals surface area contributed by atoms with E-state index in [1.807, 2.05) is 20.8 Å². The number of alkyl carbamates (subject to hydrolysis) is 1. The van der Waals surface area contributed by atoms with Crippen molar-refractivity contribution in [2.45, 2.75) is 76.7 Å². The average molecular weight is 330 g/mol. The van der Waals surface area contributed by atoms with Crippen molar-refractivity contribution in [3.8, 4) is 0 Å². The van der Waals surface area contributed by atoms with Crippen LogP contribution in [0.1, 0.15) is 52.9 Å². The Morgan fingerprint density at radius 3 is 2.61 bits per heavy atom. The molecular formula is C17H34N2O4. The number of ether oxygens (including phenoxy) is 2. The molecule has 6 heteroatoms. The predicted molar refractivity (Wildman–Crippen MR) is 90.5 cm³/mol. The Hall–Kier alpha value is -0.850. The lowest BCUT2D eigenvalue weighted by molar-refractivity contribution is 0.0280. The molecule has 3 atom stereocenters. The van der Waals surface area contributed by atoms with Crippen LogP contribution in [0.4, 0.5) is 4.79 Å². The molecule has 6 nitrogen and oxygen atoms in total. The summed E-state index contributed by atoms with van der Waals surface area (Å²) in [7, 11) is 3.77. The fraction of sp³-hybridized carbons (Fsp3) is 0.941. The SMILES string of the molecule is COCCCCN(C)C1CC(O)CCC1NC(=O)OC(C)(C)C. The number of amides is 1. The first-order valence-corrected chi connectivity index (χ1v) is 8.59. The minimum Gasteiger partial charge on any atom is -0.444 e. The molecule has 1 saturated carbocycles. The van der Waals surface area contributed by atoms with Crippen LogP contribution in [0.25, 0.3) is 0 Å². The van der Waals surface area contributed by atoms with E-state index < -0.39 is 5.60 Å². The van der Waals surface area contributed by atoms with Crippen LogP contribution in [0.2, 0.25) is 0 Å². The second kappa shape index (κ2) is 9.45. The first-order chi connectivity index (χ1) is 10.7. The average Bonchev–Trinajstić information content (AvgIpc) is 2.43. The number of nitrogens with zero attached hydrogens (tertiary/aromatic N) is 1. The Morgan fingerprint density at radius 1 is 1.30 bits per heavy atom. The van der Waals surface area contributed by atoms with E-state index >= 15 is 0 Å². The van der Waals surface area contributed by atoms with Crippen molar-refractivity contribution >= 4 is 6.09 Å². The number of likely N-dealkylation sites (N-methyl/N-ethyl adjacent to an activating group) is 1. The summed E-state index contributed by atoms with van der Waals surface area (Å²) in [5, 5.41) is 13.0. The molecule has 136 valence electrons. The van der Waals surface area contributed by atoms with Crippen molar-refractivity contribution in [3.63, 3.8) is 0 Å². The van der Waals surface area contributed by atoms with Crippen molar-refractivity contribution in [1.82, 2.24) is 10.2 Å². The number of aliphatic hydroxyl groups excluding tert-OH is 1. The van der Waals surface area contributed by atoms with E-state index in [1.165, 1.54) is 0 Å². The zero-order chi connectivity index (χ0) is 17.5. The minimum absolute atomic E-state index is 0.0145. The van der Waals surface area contributed by atoms with Gasteiger partial charge in [0.05, 0.1) is 6.10 Å². The first-order valence-electron chi connectivity index (χ1n) is 8.59. The van der Waals surface area contributed by atoms with Gasteiger partial charge in [-0.05, 0) is 66.5 Å². The second-order valence-electron chi connectivity index (χ2n) is 7.47. The highest BCUT2D eigenvalue weighted by Gasteiger charge is 2.34. The number of unbranched alkanes of at least 4 members (excludes halogenated alkanes) is 1. The van der Waals surface area contributed by atoms with Crippen LogP contribution >= 0.6 is 0 Å². The molecule has 0 spiro atoms. The van der Waals surface area contributed by atoms with Gasteiger partial charge in [-0.25, -0.2) is 4.79 Å². The maximum absolute atomic E-state index is 12.0.